The maximum absolute atomic E-state index is 5.32. The van der Waals surface area contributed by atoms with Gasteiger partial charge in [0.25, 0.3) is 0 Å². The molecule has 1 aromatic carbocycles. The van der Waals surface area contributed by atoms with E-state index < -0.39 is 0 Å². The third-order valence-electron chi connectivity index (χ3n) is 2.95. The molecule has 94 valence electrons. The monoisotopic (exact) mass is 260 g/mol. The largest absolute Gasteiger partial charge is 0.497 e. The van der Waals surface area contributed by atoms with Crippen LogP contribution in [0.25, 0.3) is 11.4 Å². The highest BCUT2D eigenvalue weighted by molar-refractivity contribution is 7.71. The Morgan fingerprint density at radius 2 is 1.94 bits per heavy atom. The molecule has 0 bridgehead atoms. The van der Waals surface area contributed by atoms with Crippen LogP contribution in [0.1, 0.15) is 18.2 Å². The normalized spacial score (nSPS) is 10.4. The second-order valence-electron chi connectivity index (χ2n) is 4.08. The molecule has 0 spiro atoms. The van der Waals surface area contributed by atoms with Crippen molar-refractivity contribution in [1.29, 1.82) is 0 Å². The van der Waals surface area contributed by atoms with Gasteiger partial charge in [-0.3, -0.25) is 0 Å². The lowest BCUT2D eigenvalue weighted by atomic mass is 10.1. The first-order chi connectivity index (χ1) is 8.65. The van der Waals surface area contributed by atoms with E-state index in [4.69, 9.17) is 17.0 Å². The minimum absolute atomic E-state index is 0.680. The minimum Gasteiger partial charge on any atom is -0.497 e. The van der Waals surface area contributed by atoms with E-state index in [1.54, 1.807) is 7.11 Å². The fourth-order valence-corrected chi connectivity index (χ4v) is 2.30. The summed E-state index contributed by atoms with van der Waals surface area (Å²) >= 11 is 5.32. The molecule has 0 atom stereocenters. The summed E-state index contributed by atoms with van der Waals surface area (Å²) in [6.45, 7) is 4.12. The molecule has 2 aromatic rings. The van der Waals surface area contributed by atoms with Gasteiger partial charge in [-0.25, -0.2) is 4.98 Å². The molecule has 0 fully saturated rings. The molecule has 2 rings (SSSR count). The first-order valence-corrected chi connectivity index (χ1v) is 6.30. The Labute approximate surface area is 112 Å². The second-order valence-corrected chi connectivity index (χ2v) is 4.46. The van der Waals surface area contributed by atoms with Crippen molar-refractivity contribution < 1.29 is 4.74 Å². The van der Waals surface area contributed by atoms with Crippen molar-refractivity contribution >= 4 is 12.2 Å². The van der Waals surface area contributed by atoms with Crippen molar-refractivity contribution in [2.75, 3.05) is 7.11 Å². The number of benzene rings is 1. The van der Waals surface area contributed by atoms with Gasteiger partial charge in [-0.1, -0.05) is 19.1 Å². The summed E-state index contributed by atoms with van der Waals surface area (Å²) in [5, 5.41) is 0. The number of ether oxygens (including phenoxy) is 1. The van der Waals surface area contributed by atoms with Crippen LogP contribution in [-0.2, 0) is 6.42 Å². The lowest BCUT2D eigenvalue weighted by molar-refractivity contribution is 0.415. The lowest BCUT2D eigenvalue weighted by Crippen LogP contribution is -1.99. The van der Waals surface area contributed by atoms with Gasteiger partial charge in [0, 0.05) is 16.8 Å². The SMILES string of the molecule is CCc1c(C)[nH]c(-c2ccc(OC)cc2)nc1=S. The van der Waals surface area contributed by atoms with E-state index in [1.165, 1.54) is 0 Å². The van der Waals surface area contributed by atoms with Gasteiger partial charge in [-0.2, -0.15) is 0 Å². The van der Waals surface area contributed by atoms with E-state index >= 15 is 0 Å². The molecular weight excluding hydrogens is 244 g/mol. The zero-order valence-corrected chi connectivity index (χ0v) is 11.6. The summed E-state index contributed by atoms with van der Waals surface area (Å²) in [7, 11) is 1.65. The molecule has 0 saturated heterocycles. The molecule has 0 unspecified atom stereocenters. The summed E-state index contributed by atoms with van der Waals surface area (Å²) in [5.74, 6) is 1.64. The Morgan fingerprint density at radius 3 is 2.44 bits per heavy atom. The number of aromatic nitrogens is 2. The van der Waals surface area contributed by atoms with E-state index in [0.29, 0.717) is 4.64 Å². The molecule has 18 heavy (non-hydrogen) atoms. The fraction of sp³-hybridized carbons (Fsp3) is 0.286. The summed E-state index contributed by atoms with van der Waals surface area (Å²) < 4.78 is 5.82. The molecule has 1 N–H and O–H groups in total. The van der Waals surface area contributed by atoms with Gasteiger partial charge in [0.15, 0.2) is 0 Å². The summed E-state index contributed by atoms with van der Waals surface area (Å²) in [6.07, 6.45) is 0.900. The van der Waals surface area contributed by atoms with Crippen molar-refractivity contribution in [3.63, 3.8) is 0 Å². The van der Waals surface area contributed by atoms with E-state index in [2.05, 4.69) is 16.9 Å². The molecule has 0 aliphatic rings. The predicted octanol–water partition coefficient (Wildman–Crippen LogP) is 3.69. The number of nitrogens with one attached hydrogen (secondary N) is 1. The van der Waals surface area contributed by atoms with Crippen molar-refractivity contribution in [2.45, 2.75) is 20.3 Å². The van der Waals surface area contributed by atoms with Crippen molar-refractivity contribution in [3.8, 4) is 17.1 Å². The van der Waals surface area contributed by atoms with Crippen molar-refractivity contribution in [1.82, 2.24) is 9.97 Å². The van der Waals surface area contributed by atoms with Crippen LogP contribution in [-0.4, -0.2) is 17.1 Å². The highest BCUT2D eigenvalue weighted by Crippen LogP contribution is 2.20. The second kappa shape index (κ2) is 5.31. The van der Waals surface area contributed by atoms with Gasteiger partial charge in [-0.15, -0.1) is 0 Å². The van der Waals surface area contributed by atoms with Gasteiger partial charge in [-0.05, 0) is 37.6 Å². The van der Waals surface area contributed by atoms with Crippen LogP contribution in [0.2, 0.25) is 0 Å². The number of rotatable bonds is 3. The van der Waals surface area contributed by atoms with E-state index in [-0.39, 0.29) is 0 Å². The molecule has 0 radical (unpaired) electrons. The van der Waals surface area contributed by atoms with Crippen LogP contribution < -0.4 is 4.74 Å². The first kappa shape index (κ1) is 12.8. The average molecular weight is 260 g/mol. The summed E-state index contributed by atoms with van der Waals surface area (Å²) in [5.41, 5.74) is 3.21. The Morgan fingerprint density at radius 1 is 1.28 bits per heavy atom. The Hall–Kier alpha value is -1.68. The molecular formula is C14H16N2OS. The predicted molar refractivity (Wildman–Crippen MR) is 75.5 cm³/mol. The molecule has 0 aliphatic carbocycles. The molecule has 3 nitrogen and oxygen atoms in total. The standard InChI is InChI=1S/C14H16N2OS/c1-4-12-9(2)15-13(16-14(12)18)10-5-7-11(17-3)8-6-10/h5-8H,4H2,1-3H3,(H,15,16,18). The maximum atomic E-state index is 5.32. The van der Waals surface area contributed by atoms with Gasteiger partial charge in [0.2, 0.25) is 0 Å². The zero-order valence-electron chi connectivity index (χ0n) is 10.8. The van der Waals surface area contributed by atoms with Gasteiger partial charge in [0.05, 0.1) is 7.11 Å². The number of H-pyrrole nitrogens is 1. The summed E-state index contributed by atoms with van der Waals surface area (Å²) in [6, 6.07) is 7.77. The summed E-state index contributed by atoms with van der Waals surface area (Å²) in [4.78, 5) is 7.75. The highest BCUT2D eigenvalue weighted by Gasteiger charge is 2.05. The molecule has 0 aliphatic heterocycles. The van der Waals surface area contributed by atoms with Crippen LogP contribution in [0.15, 0.2) is 24.3 Å². The van der Waals surface area contributed by atoms with E-state index in [0.717, 1.165) is 34.8 Å². The van der Waals surface area contributed by atoms with Crippen LogP contribution in [0.4, 0.5) is 0 Å². The Balaban J connectivity index is 2.47. The average Bonchev–Trinajstić information content (AvgIpc) is 2.38. The van der Waals surface area contributed by atoms with E-state index in [1.807, 2.05) is 31.2 Å². The van der Waals surface area contributed by atoms with Crippen LogP contribution >= 0.6 is 12.2 Å². The Kier molecular flexibility index (Phi) is 3.77. The molecule has 1 aromatic heterocycles. The third-order valence-corrected chi connectivity index (χ3v) is 3.28. The quantitative estimate of drug-likeness (QED) is 0.855. The molecule has 4 heteroatoms. The van der Waals surface area contributed by atoms with Gasteiger partial charge >= 0.3 is 0 Å². The number of nitrogens with zero attached hydrogens (tertiary/aromatic N) is 1. The van der Waals surface area contributed by atoms with Crippen molar-refractivity contribution in [2.24, 2.45) is 0 Å². The smallest absolute Gasteiger partial charge is 0.139 e. The van der Waals surface area contributed by atoms with Crippen LogP contribution in [0.5, 0.6) is 5.75 Å². The topological polar surface area (TPSA) is 37.9 Å². The maximum Gasteiger partial charge on any atom is 0.139 e. The Bertz CT molecular complexity index is 602. The highest BCUT2D eigenvalue weighted by atomic mass is 32.1. The van der Waals surface area contributed by atoms with E-state index in [9.17, 15) is 0 Å². The third kappa shape index (κ3) is 2.43. The van der Waals surface area contributed by atoms with Gasteiger partial charge in [0.1, 0.15) is 16.2 Å². The van der Waals surface area contributed by atoms with Crippen LogP contribution in [0, 0.1) is 11.6 Å². The lowest BCUT2D eigenvalue weighted by Gasteiger charge is -2.08. The zero-order chi connectivity index (χ0) is 13.1. The molecule has 0 amide bonds. The van der Waals surface area contributed by atoms with Crippen LogP contribution in [0.3, 0.4) is 0 Å². The molecule has 1 heterocycles. The first-order valence-electron chi connectivity index (χ1n) is 5.90. The van der Waals surface area contributed by atoms with Gasteiger partial charge < -0.3 is 9.72 Å². The number of hydrogen-bond acceptors (Lipinski definition) is 3. The molecule has 0 saturated carbocycles. The number of aryl methyl sites for hydroxylation is 1. The minimum atomic E-state index is 0.680. The number of methoxy groups -OCH3 is 1. The number of hydrogen-bond donors (Lipinski definition) is 1. The fourth-order valence-electron chi connectivity index (χ4n) is 1.91. The number of aromatic amines is 1. The van der Waals surface area contributed by atoms with Crippen molar-refractivity contribution in [3.05, 3.63) is 40.2 Å².